The average molecular weight is 357 g/mol. The summed E-state index contributed by atoms with van der Waals surface area (Å²) >= 11 is 0. The van der Waals surface area contributed by atoms with E-state index in [1.54, 1.807) is 32.0 Å². The molecule has 2 aromatic rings. The van der Waals surface area contributed by atoms with Crippen molar-refractivity contribution in [1.82, 2.24) is 0 Å². The maximum Gasteiger partial charge on any atom is 0.338 e. The summed E-state index contributed by atoms with van der Waals surface area (Å²) in [7, 11) is 0. The predicted molar refractivity (Wildman–Crippen MR) is 93.7 cm³/mol. The molecule has 1 aliphatic rings. The second kappa shape index (κ2) is 6.53. The molecule has 0 fully saturated rings. The smallest absolute Gasteiger partial charge is 0.338 e. The lowest BCUT2D eigenvalue weighted by molar-refractivity contribution is -0.0726. The van der Waals surface area contributed by atoms with E-state index in [1.165, 1.54) is 31.2 Å². The number of Topliss-reactive ketones (excluding diaryl/α,β-unsaturated/α-hetero) is 1. The molecule has 26 heavy (non-hydrogen) atoms. The van der Waals surface area contributed by atoms with Gasteiger partial charge in [0.2, 0.25) is 0 Å². The number of benzene rings is 2. The summed E-state index contributed by atoms with van der Waals surface area (Å²) in [6.45, 7) is 5.02. The van der Waals surface area contributed by atoms with Crippen LogP contribution in [0.4, 0.5) is 4.39 Å². The lowest BCUT2D eigenvalue weighted by Crippen LogP contribution is -2.53. The predicted octanol–water partition coefficient (Wildman–Crippen LogP) is 3.42. The van der Waals surface area contributed by atoms with Crippen molar-refractivity contribution >= 4 is 11.8 Å². The minimum absolute atomic E-state index is 0.0929. The van der Waals surface area contributed by atoms with E-state index in [1.807, 2.05) is 0 Å². The largest absolute Gasteiger partial charge is 0.484 e. The molecule has 5 nitrogen and oxygen atoms in total. The van der Waals surface area contributed by atoms with Gasteiger partial charge in [0, 0.05) is 11.1 Å². The molecule has 0 amide bonds. The number of fused-ring (bicyclic) bond motifs is 1. The van der Waals surface area contributed by atoms with Gasteiger partial charge in [0.05, 0.1) is 11.6 Å². The third-order valence-electron chi connectivity index (χ3n) is 4.47. The van der Waals surface area contributed by atoms with Crippen LogP contribution in [0.3, 0.4) is 0 Å². The highest BCUT2D eigenvalue weighted by Gasteiger charge is 2.45. The number of rotatable bonds is 3. The standard InChI is InChI=1S/C20H20FNO4/c1-11(23)13-6-9-16-15(10-13)17(22)18(20(2,3)26-16)25-19(24)12-4-7-14(21)8-5-12/h4-10,17-18H,22H2,1-3H3/t17-,18-/m1/s1. The number of ether oxygens (including phenoxy) is 2. The highest BCUT2D eigenvalue weighted by molar-refractivity contribution is 5.94. The molecule has 0 bridgehead atoms. The SMILES string of the molecule is CC(=O)c1ccc2c(c1)[C@@H](N)[C@@H](OC(=O)c1ccc(F)cc1)C(C)(C)O2. The minimum atomic E-state index is -0.875. The van der Waals surface area contributed by atoms with Crippen LogP contribution in [0.1, 0.15) is 53.1 Å². The first-order chi connectivity index (χ1) is 12.2. The monoisotopic (exact) mass is 357 g/mol. The first-order valence-corrected chi connectivity index (χ1v) is 8.25. The Morgan fingerprint density at radius 1 is 1.12 bits per heavy atom. The van der Waals surface area contributed by atoms with Crippen molar-refractivity contribution in [3.8, 4) is 5.75 Å². The molecule has 2 N–H and O–H groups in total. The third kappa shape index (κ3) is 3.32. The maximum atomic E-state index is 13.0. The Labute approximate surface area is 150 Å². The topological polar surface area (TPSA) is 78.6 Å². The van der Waals surface area contributed by atoms with Crippen molar-refractivity contribution in [2.45, 2.75) is 38.5 Å². The number of esters is 1. The van der Waals surface area contributed by atoms with Gasteiger partial charge in [-0.25, -0.2) is 9.18 Å². The molecule has 0 aromatic heterocycles. The van der Waals surface area contributed by atoms with Crippen LogP contribution in [0, 0.1) is 5.82 Å². The quantitative estimate of drug-likeness (QED) is 0.673. The molecule has 0 saturated carbocycles. The van der Waals surface area contributed by atoms with Crippen LogP contribution in [-0.2, 0) is 4.74 Å². The molecule has 0 saturated heterocycles. The Hall–Kier alpha value is -2.73. The van der Waals surface area contributed by atoms with Gasteiger partial charge in [-0.3, -0.25) is 4.79 Å². The lowest BCUT2D eigenvalue weighted by Gasteiger charge is -2.42. The van der Waals surface area contributed by atoms with Gasteiger partial charge < -0.3 is 15.2 Å². The summed E-state index contributed by atoms with van der Waals surface area (Å²) in [6, 6.07) is 9.44. The highest BCUT2D eigenvalue weighted by Crippen LogP contribution is 2.40. The van der Waals surface area contributed by atoms with Crippen LogP contribution in [0.2, 0.25) is 0 Å². The molecule has 2 atom stereocenters. The molecule has 0 radical (unpaired) electrons. The molecule has 136 valence electrons. The number of halogens is 1. The van der Waals surface area contributed by atoms with E-state index < -0.39 is 29.5 Å². The number of hydrogen-bond donors (Lipinski definition) is 1. The highest BCUT2D eigenvalue weighted by atomic mass is 19.1. The molecule has 1 aliphatic heterocycles. The van der Waals surface area contributed by atoms with Gasteiger partial charge in [0.25, 0.3) is 0 Å². The number of nitrogens with two attached hydrogens (primary N) is 1. The molecule has 2 aromatic carbocycles. The molecular formula is C20H20FNO4. The number of carbonyl (C=O) groups excluding carboxylic acids is 2. The fourth-order valence-corrected chi connectivity index (χ4v) is 3.04. The maximum absolute atomic E-state index is 13.0. The summed E-state index contributed by atoms with van der Waals surface area (Å²) in [5, 5.41) is 0. The molecular weight excluding hydrogens is 337 g/mol. The zero-order valence-electron chi connectivity index (χ0n) is 14.8. The summed E-state index contributed by atoms with van der Waals surface area (Å²) in [5.74, 6) is -0.593. The van der Waals surface area contributed by atoms with E-state index in [-0.39, 0.29) is 11.3 Å². The van der Waals surface area contributed by atoms with E-state index in [9.17, 15) is 14.0 Å². The fraction of sp³-hybridized carbons (Fsp3) is 0.300. The van der Waals surface area contributed by atoms with Crippen molar-refractivity contribution in [3.63, 3.8) is 0 Å². The lowest BCUT2D eigenvalue weighted by atomic mass is 9.86. The van der Waals surface area contributed by atoms with Gasteiger partial charge in [0.15, 0.2) is 11.9 Å². The van der Waals surface area contributed by atoms with E-state index in [2.05, 4.69) is 0 Å². The zero-order valence-corrected chi connectivity index (χ0v) is 14.8. The molecule has 0 unspecified atom stereocenters. The fourth-order valence-electron chi connectivity index (χ4n) is 3.04. The summed E-state index contributed by atoms with van der Waals surface area (Å²) in [6.07, 6.45) is -0.783. The molecule has 0 aliphatic carbocycles. The van der Waals surface area contributed by atoms with Gasteiger partial charge >= 0.3 is 5.97 Å². The first kappa shape index (κ1) is 18.1. The number of carbonyl (C=O) groups is 2. The van der Waals surface area contributed by atoms with Gasteiger partial charge in [-0.1, -0.05) is 0 Å². The number of ketones is 1. The Morgan fingerprint density at radius 2 is 1.73 bits per heavy atom. The van der Waals surface area contributed by atoms with E-state index in [0.29, 0.717) is 16.9 Å². The third-order valence-corrected chi connectivity index (χ3v) is 4.47. The normalized spacial score (nSPS) is 20.7. The Bertz CT molecular complexity index is 861. The zero-order chi connectivity index (χ0) is 19.1. The van der Waals surface area contributed by atoms with Gasteiger partial charge in [-0.2, -0.15) is 0 Å². The van der Waals surface area contributed by atoms with Crippen molar-refractivity contribution in [1.29, 1.82) is 0 Å². The van der Waals surface area contributed by atoms with E-state index in [0.717, 1.165) is 0 Å². The first-order valence-electron chi connectivity index (χ1n) is 8.25. The van der Waals surface area contributed by atoms with Crippen LogP contribution in [0.25, 0.3) is 0 Å². The number of hydrogen-bond acceptors (Lipinski definition) is 5. The van der Waals surface area contributed by atoms with Crippen LogP contribution < -0.4 is 10.5 Å². The summed E-state index contributed by atoms with van der Waals surface area (Å²) in [4.78, 5) is 24.1. The molecule has 6 heteroatoms. The van der Waals surface area contributed by atoms with Crippen molar-refractivity contribution < 1.29 is 23.5 Å². The molecule has 0 spiro atoms. The molecule has 1 heterocycles. The second-order valence-corrected chi connectivity index (χ2v) is 6.87. The van der Waals surface area contributed by atoms with E-state index in [4.69, 9.17) is 15.2 Å². The van der Waals surface area contributed by atoms with Crippen molar-refractivity contribution in [3.05, 3.63) is 65.0 Å². The summed E-state index contributed by atoms with van der Waals surface area (Å²) in [5.41, 5.74) is 6.81. The second-order valence-electron chi connectivity index (χ2n) is 6.87. The van der Waals surface area contributed by atoms with Gasteiger partial charge in [-0.05, 0) is 63.2 Å². The van der Waals surface area contributed by atoms with Crippen molar-refractivity contribution in [2.75, 3.05) is 0 Å². The Kier molecular flexibility index (Phi) is 4.54. The van der Waals surface area contributed by atoms with Gasteiger partial charge in [0.1, 0.15) is 17.2 Å². The minimum Gasteiger partial charge on any atom is -0.484 e. The van der Waals surface area contributed by atoms with Crippen LogP contribution >= 0.6 is 0 Å². The van der Waals surface area contributed by atoms with E-state index >= 15 is 0 Å². The van der Waals surface area contributed by atoms with Crippen LogP contribution in [0.15, 0.2) is 42.5 Å². The Morgan fingerprint density at radius 3 is 2.35 bits per heavy atom. The summed E-state index contributed by atoms with van der Waals surface area (Å²) < 4.78 is 24.6. The van der Waals surface area contributed by atoms with Crippen LogP contribution in [-0.4, -0.2) is 23.5 Å². The average Bonchev–Trinajstić information content (AvgIpc) is 2.58. The Balaban J connectivity index is 1.91. The van der Waals surface area contributed by atoms with Crippen LogP contribution in [0.5, 0.6) is 5.75 Å². The van der Waals surface area contributed by atoms with Gasteiger partial charge in [-0.15, -0.1) is 0 Å². The molecule has 3 rings (SSSR count). The van der Waals surface area contributed by atoms with Crippen molar-refractivity contribution in [2.24, 2.45) is 5.73 Å².